The number of fused-ring (bicyclic) bond motifs is 1. The molecule has 7 heteroatoms. The van der Waals surface area contributed by atoms with Crippen molar-refractivity contribution in [1.82, 2.24) is 20.3 Å². The summed E-state index contributed by atoms with van der Waals surface area (Å²) in [7, 11) is 0. The second kappa shape index (κ2) is 9.47. The van der Waals surface area contributed by atoms with Gasteiger partial charge in [-0.1, -0.05) is 30.3 Å². The summed E-state index contributed by atoms with van der Waals surface area (Å²) >= 11 is 0. The first-order valence-corrected chi connectivity index (χ1v) is 9.55. The van der Waals surface area contributed by atoms with Crippen LogP contribution in [0.25, 0.3) is 11.4 Å². The van der Waals surface area contributed by atoms with Crippen molar-refractivity contribution in [3.63, 3.8) is 0 Å². The van der Waals surface area contributed by atoms with Crippen molar-refractivity contribution in [2.24, 2.45) is 5.92 Å². The zero-order valence-corrected chi connectivity index (χ0v) is 16.7. The van der Waals surface area contributed by atoms with Gasteiger partial charge in [-0.05, 0) is 43.4 Å². The molecule has 1 aromatic carbocycles. The number of hydrogen-bond donors (Lipinski definition) is 2. The minimum Gasteiger partial charge on any atom is -0.352 e. The molecule has 0 bridgehead atoms. The quantitative estimate of drug-likeness (QED) is 0.647. The summed E-state index contributed by atoms with van der Waals surface area (Å²) in [6, 6.07) is 13.4. The summed E-state index contributed by atoms with van der Waals surface area (Å²) in [5, 5.41) is 3.00. The number of amides is 1. The largest absolute Gasteiger partial charge is 0.352 e. The summed E-state index contributed by atoms with van der Waals surface area (Å²) in [5.74, 6) is 0.505. The minimum atomic E-state index is -0.115. The number of carbonyl (C=O) groups excluding carboxylic acids is 1. The zero-order valence-electron chi connectivity index (χ0n) is 15.9. The van der Waals surface area contributed by atoms with Gasteiger partial charge in [0, 0.05) is 36.0 Å². The van der Waals surface area contributed by atoms with Crippen LogP contribution in [-0.2, 0) is 24.2 Å². The summed E-state index contributed by atoms with van der Waals surface area (Å²) in [4.78, 5) is 36.8. The van der Waals surface area contributed by atoms with Crippen molar-refractivity contribution in [3.05, 3.63) is 82.0 Å². The molecule has 150 valence electrons. The number of nitrogens with one attached hydrogen (secondary N) is 2. The molecule has 1 amide bonds. The van der Waals surface area contributed by atoms with Gasteiger partial charge >= 0.3 is 0 Å². The number of H-pyrrole nitrogens is 1. The lowest BCUT2D eigenvalue weighted by atomic mass is 9.98. The normalized spacial score (nSPS) is 15.5. The number of benzene rings is 1. The fraction of sp³-hybridized carbons (Fsp3) is 0.273. The fourth-order valence-electron chi connectivity index (χ4n) is 3.61. The highest BCUT2D eigenvalue weighted by Crippen LogP contribution is 2.23. The Morgan fingerprint density at radius 3 is 2.55 bits per heavy atom. The maximum Gasteiger partial charge on any atom is 0.254 e. The number of rotatable bonds is 4. The van der Waals surface area contributed by atoms with Gasteiger partial charge in [-0.15, -0.1) is 12.4 Å². The maximum atomic E-state index is 12.6. The van der Waals surface area contributed by atoms with Crippen molar-refractivity contribution in [2.75, 3.05) is 0 Å². The third-order valence-corrected chi connectivity index (χ3v) is 5.21. The lowest BCUT2D eigenvalue weighted by Gasteiger charge is -2.14. The van der Waals surface area contributed by atoms with Gasteiger partial charge in [0.15, 0.2) is 0 Å². The second-order valence-electron chi connectivity index (χ2n) is 7.05. The highest BCUT2D eigenvalue weighted by Gasteiger charge is 2.25. The first-order valence-electron chi connectivity index (χ1n) is 9.55. The van der Waals surface area contributed by atoms with Crippen LogP contribution in [0.3, 0.4) is 0 Å². The molecule has 1 aliphatic carbocycles. The summed E-state index contributed by atoms with van der Waals surface area (Å²) in [6.45, 7) is 0.488. The number of carbonyl (C=O) groups is 1. The standard InChI is InChI=1S/C22H22N4O2.ClH/c27-21(24-14-15-10-12-23-13-11-15)17-6-8-18-19(9-7-17)25-20(26-22(18)28)16-4-2-1-3-5-16;/h1-5,10-13,17H,6-9,14H2,(H,24,27)(H,25,26,28);1H. The van der Waals surface area contributed by atoms with Gasteiger partial charge in [-0.25, -0.2) is 4.98 Å². The van der Waals surface area contributed by atoms with E-state index in [0.717, 1.165) is 16.8 Å². The Hall–Kier alpha value is -2.99. The van der Waals surface area contributed by atoms with E-state index in [-0.39, 0.29) is 29.8 Å². The molecule has 2 heterocycles. The van der Waals surface area contributed by atoms with E-state index >= 15 is 0 Å². The van der Waals surface area contributed by atoms with Crippen molar-refractivity contribution < 1.29 is 4.79 Å². The van der Waals surface area contributed by atoms with E-state index in [1.807, 2.05) is 42.5 Å². The Morgan fingerprint density at radius 1 is 1.07 bits per heavy atom. The molecule has 2 aromatic heterocycles. The van der Waals surface area contributed by atoms with Gasteiger partial charge < -0.3 is 10.3 Å². The smallest absolute Gasteiger partial charge is 0.254 e. The van der Waals surface area contributed by atoms with Crippen molar-refractivity contribution in [2.45, 2.75) is 32.2 Å². The molecule has 0 saturated heterocycles. The molecule has 0 spiro atoms. The molecule has 2 N–H and O–H groups in total. The minimum absolute atomic E-state index is 0. The molecular formula is C22H23ClN4O2. The predicted molar refractivity (Wildman–Crippen MR) is 114 cm³/mol. The van der Waals surface area contributed by atoms with E-state index in [9.17, 15) is 9.59 Å². The van der Waals surface area contributed by atoms with Crippen molar-refractivity contribution in [3.8, 4) is 11.4 Å². The van der Waals surface area contributed by atoms with Gasteiger partial charge in [0.25, 0.3) is 5.56 Å². The third-order valence-electron chi connectivity index (χ3n) is 5.21. The van der Waals surface area contributed by atoms with Gasteiger partial charge in [-0.3, -0.25) is 14.6 Å². The monoisotopic (exact) mass is 410 g/mol. The van der Waals surface area contributed by atoms with Gasteiger partial charge in [0.1, 0.15) is 5.82 Å². The summed E-state index contributed by atoms with van der Waals surface area (Å²) in [6.07, 6.45) is 5.98. The first kappa shape index (κ1) is 20.7. The van der Waals surface area contributed by atoms with Crippen LogP contribution >= 0.6 is 12.4 Å². The molecule has 4 rings (SSSR count). The molecule has 0 radical (unpaired) electrons. The van der Waals surface area contributed by atoms with E-state index in [2.05, 4.69) is 15.3 Å². The van der Waals surface area contributed by atoms with E-state index < -0.39 is 0 Å². The van der Waals surface area contributed by atoms with Crippen LogP contribution in [0.1, 0.15) is 29.7 Å². The number of hydrogen-bond acceptors (Lipinski definition) is 4. The molecule has 1 atom stereocenters. The first-order chi connectivity index (χ1) is 13.7. The van der Waals surface area contributed by atoms with E-state index in [1.165, 1.54) is 0 Å². The van der Waals surface area contributed by atoms with Crippen molar-refractivity contribution >= 4 is 18.3 Å². The summed E-state index contributed by atoms with van der Waals surface area (Å²) in [5.41, 5.74) is 3.34. The van der Waals surface area contributed by atoms with Crippen LogP contribution in [0.4, 0.5) is 0 Å². The Labute approximate surface area is 175 Å². The van der Waals surface area contributed by atoms with Gasteiger partial charge in [0.05, 0.1) is 5.69 Å². The fourth-order valence-corrected chi connectivity index (χ4v) is 3.61. The number of aromatic amines is 1. The molecule has 29 heavy (non-hydrogen) atoms. The molecule has 1 aliphatic rings. The predicted octanol–water partition coefficient (Wildman–Crippen LogP) is 3.07. The highest BCUT2D eigenvalue weighted by atomic mass is 35.5. The molecule has 1 unspecified atom stereocenters. The number of nitrogens with zero attached hydrogens (tertiary/aromatic N) is 2. The Balaban J connectivity index is 0.00000240. The Bertz CT molecular complexity index is 1020. The SMILES string of the molecule is Cl.O=C(NCc1ccncc1)C1CCc2nc(-c3ccccc3)[nH]c(=O)c2CC1. The van der Waals surface area contributed by atoms with E-state index in [0.29, 0.717) is 43.6 Å². The van der Waals surface area contributed by atoms with Gasteiger partial charge in [0.2, 0.25) is 5.91 Å². The number of halogens is 1. The molecule has 0 aliphatic heterocycles. The van der Waals surface area contributed by atoms with Crippen LogP contribution in [-0.4, -0.2) is 20.9 Å². The lowest BCUT2D eigenvalue weighted by molar-refractivity contribution is -0.125. The molecule has 0 saturated carbocycles. The summed E-state index contributed by atoms with van der Waals surface area (Å²) < 4.78 is 0. The van der Waals surface area contributed by atoms with Crippen LogP contribution in [0.2, 0.25) is 0 Å². The Morgan fingerprint density at radius 2 is 1.79 bits per heavy atom. The topological polar surface area (TPSA) is 87.7 Å². The molecule has 6 nitrogen and oxygen atoms in total. The lowest BCUT2D eigenvalue weighted by Crippen LogP contribution is -2.30. The number of aryl methyl sites for hydroxylation is 1. The zero-order chi connectivity index (χ0) is 19.3. The average Bonchev–Trinajstić information content (AvgIpc) is 2.96. The van der Waals surface area contributed by atoms with Crippen LogP contribution in [0.5, 0.6) is 0 Å². The Kier molecular flexibility index (Phi) is 6.77. The molecular weight excluding hydrogens is 388 g/mol. The highest BCUT2D eigenvalue weighted by molar-refractivity contribution is 5.85. The second-order valence-corrected chi connectivity index (χ2v) is 7.05. The average molecular weight is 411 g/mol. The molecule has 3 aromatic rings. The van der Waals surface area contributed by atoms with Crippen LogP contribution in [0.15, 0.2) is 59.7 Å². The number of aromatic nitrogens is 3. The van der Waals surface area contributed by atoms with E-state index in [1.54, 1.807) is 12.4 Å². The number of pyridine rings is 1. The van der Waals surface area contributed by atoms with Gasteiger partial charge in [-0.2, -0.15) is 0 Å². The molecule has 0 fully saturated rings. The maximum absolute atomic E-state index is 12.6. The van der Waals surface area contributed by atoms with E-state index in [4.69, 9.17) is 4.98 Å². The van der Waals surface area contributed by atoms with Crippen LogP contribution in [0, 0.1) is 5.92 Å². The van der Waals surface area contributed by atoms with Crippen LogP contribution < -0.4 is 10.9 Å². The third kappa shape index (κ3) is 4.90. The van der Waals surface area contributed by atoms with Crippen molar-refractivity contribution in [1.29, 1.82) is 0 Å².